The van der Waals surface area contributed by atoms with Gasteiger partial charge in [-0.15, -0.1) is 0 Å². The standard InChI is InChI=1S/C19H18N6O2/c1-12-16(18(26)24-13-6-8-14(27-2)9-7-13)17(15-5-3-4-10-20-15)25-19(23-12)21-11-22-25/h3-11,17H,1-2H3,(H,24,26)(H,21,22,23)/t17-/m1/s1. The molecule has 1 aromatic carbocycles. The number of hydrogen-bond donors (Lipinski definition) is 2. The first-order chi connectivity index (χ1) is 13.2. The lowest BCUT2D eigenvalue weighted by molar-refractivity contribution is -0.113. The number of anilines is 2. The van der Waals surface area contributed by atoms with Gasteiger partial charge in [-0.1, -0.05) is 6.07 Å². The van der Waals surface area contributed by atoms with Crippen LogP contribution in [0.15, 0.2) is 66.3 Å². The van der Waals surface area contributed by atoms with Crippen molar-refractivity contribution >= 4 is 17.5 Å². The number of pyridine rings is 1. The summed E-state index contributed by atoms with van der Waals surface area (Å²) in [6.07, 6.45) is 3.15. The van der Waals surface area contributed by atoms with Crippen LogP contribution in [0.1, 0.15) is 18.7 Å². The van der Waals surface area contributed by atoms with Crippen LogP contribution in [0.5, 0.6) is 5.75 Å². The fourth-order valence-corrected chi connectivity index (χ4v) is 3.07. The van der Waals surface area contributed by atoms with E-state index in [9.17, 15) is 4.79 Å². The molecule has 0 radical (unpaired) electrons. The molecule has 0 aliphatic carbocycles. The molecule has 0 saturated heterocycles. The second-order valence-corrected chi connectivity index (χ2v) is 6.03. The van der Waals surface area contributed by atoms with Gasteiger partial charge in [0.2, 0.25) is 5.95 Å². The number of allylic oxidation sites excluding steroid dienone is 1. The predicted octanol–water partition coefficient (Wildman–Crippen LogP) is 2.61. The second kappa shape index (κ2) is 6.91. The number of amides is 1. The first-order valence-corrected chi connectivity index (χ1v) is 8.41. The summed E-state index contributed by atoms with van der Waals surface area (Å²) in [5.41, 5.74) is 2.62. The number of carbonyl (C=O) groups excluding carboxylic acids is 1. The van der Waals surface area contributed by atoms with Gasteiger partial charge in [-0.05, 0) is 43.3 Å². The number of nitrogens with one attached hydrogen (secondary N) is 2. The zero-order valence-corrected chi connectivity index (χ0v) is 14.9. The maximum Gasteiger partial charge on any atom is 0.255 e. The number of nitrogens with zero attached hydrogens (tertiary/aromatic N) is 4. The number of fused-ring (bicyclic) bond motifs is 1. The largest absolute Gasteiger partial charge is 0.497 e. The Morgan fingerprint density at radius 3 is 2.70 bits per heavy atom. The van der Waals surface area contributed by atoms with E-state index in [1.165, 1.54) is 6.33 Å². The molecule has 1 aliphatic heterocycles. The van der Waals surface area contributed by atoms with Gasteiger partial charge in [-0.2, -0.15) is 10.1 Å². The van der Waals surface area contributed by atoms with Crippen LogP contribution in [0.4, 0.5) is 11.6 Å². The molecule has 2 N–H and O–H groups in total. The van der Waals surface area contributed by atoms with Crippen molar-refractivity contribution in [2.75, 3.05) is 17.7 Å². The van der Waals surface area contributed by atoms with E-state index in [0.717, 1.165) is 5.75 Å². The minimum absolute atomic E-state index is 0.234. The normalized spacial score (nSPS) is 15.7. The summed E-state index contributed by atoms with van der Waals surface area (Å²) < 4.78 is 6.82. The minimum Gasteiger partial charge on any atom is -0.497 e. The molecular formula is C19H18N6O2. The van der Waals surface area contributed by atoms with Crippen molar-refractivity contribution in [3.63, 3.8) is 0 Å². The molecule has 3 heterocycles. The van der Waals surface area contributed by atoms with Crippen molar-refractivity contribution in [2.45, 2.75) is 13.0 Å². The van der Waals surface area contributed by atoms with Crippen molar-refractivity contribution in [3.8, 4) is 5.75 Å². The van der Waals surface area contributed by atoms with Crippen LogP contribution in [0.3, 0.4) is 0 Å². The number of carbonyl (C=O) groups is 1. The Labute approximate surface area is 155 Å². The fourth-order valence-electron chi connectivity index (χ4n) is 3.07. The molecule has 0 bridgehead atoms. The highest BCUT2D eigenvalue weighted by Gasteiger charge is 2.34. The summed E-state index contributed by atoms with van der Waals surface area (Å²) in [6.45, 7) is 1.84. The number of benzene rings is 1. The molecule has 0 unspecified atom stereocenters. The molecular weight excluding hydrogens is 344 g/mol. The number of aromatic nitrogens is 4. The Balaban J connectivity index is 1.70. The topological polar surface area (TPSA) is 94.0 Å². The first-order valence-electron chi connectivity index (χ1n) is 8.41. The third-order valence-electron chi connectivity index (χ3n) is 4.35. The van der Waals surface area contributed by atoms with Crippen LogP contribution in [0.25, 0.3) is 0 Å². The van der Waals surface area contributed by atoms with Crippen molar-refractivity contribution in [2.24, 2.45) is 0 Å². The molecule has 4 rings (SSSR count). The molecule has 1 atom stereocenters. The van der Waals surface area contributed by atoms with E-state index < -0.39 is 6.04 Å². The fraction of sp³-hybridized carbons (Fsp3) is 0.158. The monoisotopic (exact) mass is 362 g/mol. The number of ether oxygens (including phenoxy) is 1. The molecule has 0 fully saturated rings. The third kappa shape index (κ3) is 3.12. The quantitative estimate of drug-likeness (QED) is 0.741. The van der Waals surface area contributed by atoms with Crippen molar-refractivity contribution in [1.82, 2.24) is 19.7 Å². The van der Waals surface area contributed by atoms with Crippen molar-refractivity contribution in [1.29, 1.82) is 0 Å². The van der Waals surface area contributed by atoms with E-state index >= 15 is 0 Å². The Morgan fingerprint density at radius 2 is 2.00 bits per heavy atom. The zero-order chi connectivity index (χ0) is 18.8. The van der Waals surface area contributed by atoms with E-state index in [1.54, 1.807) is 42.3 Å². The number of rotatable bonds is 4. The lowest BCUT2D eigenvalue weighted by Gasteiger charge is -2.28. The molecule has 1 aliphatic rings. The molecule has 3 aromatic rings. The first kappa shape index (κ1) is 16.8. The van der Waals surface area contributed by atoms with Crippen molar-refractivity contribution < 1.29 is 9.53 Å². The maximum atomic E-state index is 13.1. The highest BCUT2D eigenvalue weighted by Crippen LogP contribution is 2.34. The predicted molar refractivity (Wildman–Crippen MR) is 100 cm³/mol. The highest BCUT2D eigenvalue weighted by atomic mass is 16.5. The molecule has 0 spiro atoms. The lowest BCUT2D eigenvalue weighted by atomic mass is 9.98. The Morgan fingerprint density at radius 1 is 1.19 bits per heavy atom. The summed E-state index contributed by atoms with van der Waals surface area (Å²) in [4.78, 5) is 21.8. The van der Waals surface area contributed by atoms with Gasteiger partial charge < -0.3 is 15.4 Å². The van der Waals surface area contributed by atoms with Gasteiger partial charge in [0, 0.05) is 17.6 Å². The van der Waals surface area contributed by atoms with Gasteiger partial charge in [-0.3, -0.25) is 9.78 Å². The van der Waals surface area contributed by atoms with Crippen LogP contribution >= 0.6 is 0 Å². The molecule has 8 heteroatoms. The number of methoxy groups -OCH3 is 1. The average molecular weight is 362 g/mol. The molecule has 0 saturated carbocycles. The SMILES string of the molecule is COc1ccc(NC(=O)C2=C(C)Nc3ncnn3[C@@H]2c2ccccn2)cc1. The van der Waals surface area contributed by atoms with Gasteiger partial charge in [0.1, 0.15) is 18.1 Å². The maximum absolute atomic E-state index is 13.1. The molecule has 8 nitrogen and oxygen atoms in total. The summed E-state index contributed by atoms with van der Waals surface area (Å²) >= 11 is 0. The molecule has 136 valence electrons. The minimum atomic E-state index is -0.469. The Bertz CT molecular complexity index is 995. The van der Waals surface area contributed by atoms with Crippen LogP contribution < -0.4 is 15.4 Å². The second-order valence-electron chi connectivity index (χ2n) is 6.03. The van der Waals surface area contributed by atoms with Crippen LogP contribution in [-0.2, 0) is 4.79 Å². The summed E-state index contributed by atoms with van der Waals surface area (Å²) in [6, 6.07) is 12.3. The van der Waals surface area contributed by atoms with Crippen LogP contribution in [0, 0.1) is 0 Å². The summed E-state index contributed by atoms with van der Waals surface area (Å²) in [5, 5.41) is 10.4. The van der Waals surface area contributed by atoms with Gasteiger partial charge >= 0.3 is 0 Å². The van der Waals surface area contributed by atoms with E-state index in [0.29, 0.717) is 28.6 Å². The Hall–Kier alpha value is -3.68. The average Bonchev–Trinajstić information content (AvgIpc) is 3.16. The summed E-state index contributed by atoms with van der Waals surface area (Å²) in [7, 11) is 1.60. The van der Waals surface area contributed by atoms with E-state index in [1.807, 2.05) is 25.1 Å². The Kier molecular flexibility index (Phi) is 4.29. The van der Waals surface area contributed by atoms with E-state index in [-0.39, 0.29) is 5.91 Å². The smallest absolute Gasteiger partial charge is 0.255 e. The molecule has 2 aromatic heterocycles. The van der Waals surface area contributed by atoms with E-state index in [2.05, 4.69) is 25.7 Å². The van der Waals surface area contributed by atoms with Gasteiger partial charge in [-0.25, -0.2) is 4.68 Å². The third-order valence-corrected chi connectivity index (χ3v) is 4.35. The van der Waals surface area contributed by atoms with Gasteiger partial charge in [0.15, 0.2) is 0 Å². The zero-order valence-electron chi connectivity index (χ0n) is 14.9. The molecule has 1 amide bonds. The summed E-state index contributed by atoms with van der Waals surface area (Å²) in [5.74, 6) is 1.06. The van der Waals surface area contributed by atoms with Gasteiger partial charge in [0.25, 0.3) is 5.91 Å². The molecule has 27 heavy (non-hydrogen) atoms. The number of hydrogen-bond acceptors (Lipinski definition) is 6. The van der Waals surface area contributed by atoms with Gasteiger partial charge in [0.05, 0.1) is 18.4 Å². The van der Waals surface area contributed by atoms with Crippen LogP contribution in [0.2, 0.25) is 0 Å². The lowest BCUT2D eigenvalue weighted by Crippen LogP contribution is -2.32. The van der Waals surface area contributed by atoms with E-state index in [4.69, 9.17) is 4.74 Å². The van der Waals surface area contributed by atoms with Crippen LogP contribution in [-0.4, -0.2) is 32.8 Å². The van der Waals surface area contributed by atoms with Crippen molar-refractivity contribution in [3.05, 3.63) is 72.0 Å². The highest BCUT2D eigenvalue weighted by molar-refractivity contribution is 6.05.